The quantitative estimate of drug-likeness (QED) is 0.675. The minimum atomic E-state index is 0.475. The van der Waals surface area contributed by atoms with Gasteiger partial charge in [0.2, 0.25) is 0 Å². The topological polar surface area (TPSA) is 26.0 Å². The second-order valence-electron chi connectivity index (χ2n) is 4.18. The second-order valence-corrected chi connectivity index (χ2v) is 4.18. The molecule has 0 aromatic carbocycles. The maximum Gasteiger partial charge on any atom is 0.00645 e. The Labute approximate surface area is 76.7 Å². The zero-order chi connectivity index (χ0) is 8.81. The van der Waals surface area contributed by atoms with E-state index in [1.54, 1.807) is 0 Å². The minimum absolute atomic E-state index is 0.475. The maximum absolute atomic E-state index is 6.07. The summed E-state index contributed by atoms with van der Waals surface area (Å²) in [5, 5.41) is 0. The van der Waals surface area contributed by atoms with Crippen molar-refractivity contribution in [1.29, 1.82) is 0 Å². The third-order valence-corrected chi connectivity index (χ3v) is 3.23. The Morgan fingerprint density at radius 3 is 2.08 bits per heavy atom. The summed E-state index contributed by atoms with van der Waals surface area (Å²) in [5.41, 5.74) is 6.07. The molecular weight excluding hydrogens is 146 g/mol. The lowest BCUT2D eigenvalue weighted by atomic mass is 9.85. The van der Waals surface area contributed by atoms with Crippen LogP contribution >= 0.6 is 0 Å². The van der Waals surface area contributed by atoms with Crippen LogP contribution in [0.1, 0.15) is 58.3 Å². The molecule has 0 bridgehead atoms. The molecule has 0 unspecified atom stereocenters. The molecule has 0 saturated heterocycles. The molecule has 1 nitrogen and oxygen atoms in total. The van der Waals surface area contributed by atoms with E-state index in [2.05, 4.69) is 6.92 Å². The Morgan fingerprint density at radius 1 is 1.08 bits per heavy atom. The van der Waals surface area contributed by atoms with E-state index in [4.69, 9.17) is 5.73 Å². The molecule has 1 atom stereocenters. The maximum atomic E-state index is 6.07. The molecule has 1 saturated carbocycles. The van der Waals surface area contributed by atoms with Gasteiger partial charge in [-0.3, -0.25) is 0 Å². The molecular formula is C11H23N. The van der Waals surface area contributed by atoms with Crippen molar-refractivity contribution in [2.75, 3.05) is 0 Å². The van der Waals surface area contributed by atoms with Crippen molar-refractivity contribution in [2.24, 2.45) is 11.7 Å². The standard InChI is InChI=1S/C11H23N/c1-2-11(12)10-8-6-4-3-5-7-9-10/h10-11H,2-9,12H2,1H3/t11-/m0/s1. The molecule has 12 heavy (non-hydrogen) atoms. The first kappa shape index (κ1) is 10.0. The number of rotatable bonds is 2. The average molecular weight is 169 g/mol. The van der Waals surface area contributed by atoms with E-state index in [9.17, 15) is 0 Å². The fourth-order valence-electron chi connectivity index (χ4n) is 2.25. The van der Waals surface area contributed by atoms with E-state index in [0.717, 1.165) is 12.3 Å². The molecule has 0 radical (unpaired) electrons. The van der Waals surface area contributed by atoms with Crippen LogP contribution in [0.15, 0.2) is 0 Å². The first-order chi connectivity index (χ1) is 5.84. The van der Waals surface area contributed by atoms with Crippen molar-refractivity contribution in [3.8, 4) is 0 Å². The molecule has 2 N–H and O–H groups in total. The summed E-state index contributed by atoms with van der Waals surface area (Å²) in [7, 11) is 0. The fourth-order valence-corrected chi connectivity index (χ4v) is 2.25. The Morgan fingerprint density at radius 2 is 1.58 bits per heavy atom. The zero-order valence-corrected chi connectivity index (χ0v) is 8.39. The molecule has 0 aliphatic heterocycles. The Balaban J connectivity index is 2.29. The van der Waals surface area contributed by atoms with Gasteiger partial charge in [0, 0.05) is 6.04 Å². The Kier molecular flexibility index (Phi) is 4.67. The summed E-state index contributed by atoms with van der Waals surface area (Å²) in [6, 6.07) is 0.475. The van der Waals surface area contributed by atoms with Crippen LogP contribution in [0.4, 0.5) is 0 Å². The summed E-state index contributed by atoms with van der Waals surface area (Å²) in [5.74, 6) is 0.829. The van der Waals surface area contributed by atoms with Crippen molar-refractivity contribution in [3.05, 3.63) is 0 Å². The van der Waals surface area contributed by atoms with E-state index in [0.29, 0.717) is 6.04 Å². The van der Waals surface area contributed by atoms with Gasteiger partial charge in [-0.15, -0.1) is 0 Å². The highest BCUT2D eigenvalue weighted by atomic mass is 14.6. The van der Waals surface area contributed by atoms with E-state index in [1.807, 2.05) is 0 Å². The lowest BCUT2D eigenvalue weighted by molar-refractivity contribution is 0.318. The molecule has 1 aliphatic carbocycles. The van der Waals surface area contributed by atoms with Crippen LogP contribution in [0, 0.1) is 5.92 Å². The molecule has 1 aliphatic rings. The van der Waals surface area contributed by atoms with E-state index in [-0.39, 0.29) is 0 Å². The molecule has 0 amide bonds. The molecule has 1 fully saturated rings. The third-order valence-electron chi connectivity index (χ3n) is 3.23. The summed E-state index contributed by atoms with van der Waals surface area (Å²) in [6.45, 7) is 2.21. The summed E-state index contributed by atoms with van der Waals surface area (Å²) < 4.78 is 0. The van der Waals surface area contributed by atoms with Gasteiger partial charge >= 0.3 is 0 Å². The van der Waals surface area contributed by atoms with Crippen LogP contribution in [0.3, 0.4) is 0 Å². The van der Waals surface area contributed by atoms with Crippen molar-refractivity contribution in [1.82, 2.24) is 0 Å². The average Bonchev–Trinajstić information content (AvgIpc) is 2.02. The first-order valence-electron chi connectivity index (χ1n) is 5.60. The minimum Gasteiger partial charge on any atom is -0.327 e. The van der Waals surface area contributed by atoms with Crippen LogP contribution in [0.25, 0.3) is 0 Å². The van der Waals surface area contributed by atoms with Gasteiger partial charge in [0.15, 0.2) is 0 Å². The van der Waals surface area contributed by atoms with E-state index >= 15 is 0 Å². The molecule has 0 aromatic rings. The Bertz CT molecular complexity index is 104. The highest BCUT2D eigenvalue weighted by Crippen LogP contribution is 2.24. The smallest absolute Gasteiger partial charge is 0.00645 e. The van der Waals surface area contributed by atoms with Crippen LogP contribution in [-0.4, -0.2) is 6.04 Å². The van der Waals surface area contributed by atoms with Gasteiger partial charge in [-0.2, -0.15) is 0 Å². The molecule has 0 heterocycles. The van der Waals surface area contributed by atoms with Crippen LogP contribution in [-0.2, 0) is 0 Å². The number of hydrogen-bond donors (Lipinski definition) is 1. The normalized spacial score (nSPS) is 24.5. The molecule has 72 valence electrons. The molecule has 1 rings (SSSR count). The highest BCUT2D eigenvalue weighted by molar-refractivity contribution is 4.73. The van der Waals surface area contributed by atoms with Crippen LogP contribution in [0.2, 0.25) is 0 Å². The van der Waals surface area contributed by atoms with E-state index in [1.165, 1.54) is 44.9 Å². The van der Waals surface area contributed by atoms with Gasteiger partial charge < -0.3 is 5.73 Å². The SMILES string of the molecule is CC[C@H](N)C1CCCCCCC1. The second kappa shape index (κ2) is 5.58. The van der Waals surface area contributed by atoms with Crippen molar-refractivity contribution >= 4 is 0 Å². The third kappa shape index (κ3) is 3.14. The first-order valence-corrected chi connectivity index (χ1v) is 5.60. The summed E-state index contributed by atoms with van der Waals surface area (Å²) >= 11 is 0. The van der Waals surface area contributed by atoms with Crippen molar-refractivity contribution < 1.29 is 0 Å². The van der Waals surface area contributed by atoms with Gasteiger partial charge in [0.05, 0.1) is 0 Å². The monoisotopic (exact) mass is 169 g/mol. The van der Waals surface area contributed by atoms with Gasteiger partial charge in [-0.1, -0.05) is 39.0 Å². The van der Waals surface area contributed by atoms with Gasteiger partial charge in [-0.05, 0) is 25.2 Å². The predicted octanol–water partition coefficient (Wildman–Crippen LogP) is 3.08. The largest absolute Gasteiger partial charge is 0.327 e. The number of hydrogen-bond acceptors (Lipinski definition) is 1. The zero-order valence-electron chi connectivity index (χ0n) is 8.39. The fraction of sp³-hybridized carbons (Fsp3) is 1.00. The van der Waals surface area contributed by atoms with Gasteiger partial charge in [-0.25, -0.2) is 0 Å². The Hall–Kier alpha value is -0.0400. The lowest BCUT2D eigenvalue weighted by Gasteiger charge is -2.24. The highest BCUT2D eigenvalue weighted by Gasteiger charge is 2.16. The molecule has 0 spiro atoms. The van der Waals surface area contributed by atoms with E-state index < -0.39 is 0 Å². The number of nitrogens with two attached hydrogens (primary N) is 1. The van der Waals surface area contributed by atoms with Gasteiger partial charge in [0.1, 0.15) is 0 Å². The van der Waals surface area contributed by atoms with Crippen LogP contribution < -0.4 is 5.73 Å². The lowest BCUT2D eigenvalue weighted by Crippen LogP contribution is -2.29. The van der Waals surface area contributed by atoms with Crippen LogP contribution in [0.5, 0.6) is 0 Å². The summed E-state index contributed by atoms with van der Waals surface area (Å²) in [6.07, 6.45) is 11.1. The summed E-state index contributed by atoms with van der Waals surface area (Å²) in [4.78, 5) is 0. The van der Waals surface area contributed by atoms with Crippen molar-refractivity contribution in [3.63, 3.8) is 0 Å². The molecule has 1 heteroatoms. The van der Waals surface area contributed by atoms with Gasteiger partial charge in [0.25, 0.3) is 0 Å². The van der Waals surface area contributed by atoms with Crippen molar-refractivity contribution in [2.45, 2.75) is 64.3 Å². The predicted molar refractivity (Wildman–Crippen MR) is 54.1 cm³/mol. The molecule has 0 aromatic heterocycles.